The van der Waals surface area contributed by atoms with Crippen LogP contribution in [0.5, 0.6) is 0 Å². The second kappa shape index (κ2) is 10.1. The Hall–Kier alpha value is -3.32. The molecule has 3 aromatic rings. The predicted molar refractivity (Wildman–Crippen MR) is 123 cm³/mol. The minimum Gasteiger partial charge on any atom is -0.449 e. The Kier molecular flexibility index (Phi) is 7.31. The summed E-state index contributed by atoms with van der Waals surface area (Å²) in [5.41, 5.74) is 0.953. The van der Waals surface area contributed by atoms with E-state index in [1.807, 2.05) is 42.5 Å². The molecule has 0 aliphatic heterocycles. The summed E-state index contributed by atoms with van der Waals surface area (Å²) >= 11 is 1.26. The third kappa shape index (κ3) is 5.86. The van der Waals surface area contributed by atoms with Crippen LogP contribution < -0.4 is 5.32 Å². The minimum absolute atomic E-state index is 0.0590. The number of nitrogens with zero attached hydrogens (tertiary/aromatic N) is 1. The number of benzene rings is 3. The summed E-state index contributed by atoms with van der Waals surface area (Å²) in [6.45, 7) is 1.53. The lowest BCUT2D eigenvalue weighted by Crippen LogP contribution is -2.30. The highest BCUT2D eigenvalue weighted by atomic mass is 32.2. The van der Waals surface area contributed by atoms with E-state index in [-0.39, 0.29) is 11.7 Å². The number of anilines is 1. The van der Waals surface area contributed by atoms with Crippen LogP contribution in [0.3, 0.4) is 0 Å². The molecule has 0 heterocycles. The molecule has 3 rings (SSSR count). The Bertz CT molecular complexity index is 1110. The summed E-state index contributed by atoms with van der Waals surface area (Å²) in [7, 11) is 3.36. The van der Waals surface area contributed by atoms with Crippen LogP contribution in [0.15, 0.2) is 71.6 Å². The van der Waals surface area contributed by atoms with Crippen molar-refractivity contribution < 1.29 is 19.1 Å². The van der Waals surface area contributed by atoms with E-state index in [4.69, 9.17) is 4.74 Å². The first-order valence-electron chi connectivity index (χ1n) is 9.78. The molecule has 7 heteroatoms. The van der Waals surface area contributed by atoms with Crippen molar-refractivity contribution in [3.8, 4) is 0 Å². The standard InChI is InChI=1S/C24H24N2O4S/c1-16(23(28)25-19-13-12-17-8-4-5-9-18(17)14-19)30-24(29)20-10-6-7-11-21(20)31-15-22(27)26(2)3/h4-14,16H,15H2,1-3H3,(H,25,28). The monoisotopic (exact) mass is 436 g/mol. The summed E-state index contributed by atoms with van der Waals surface area (Å²) in [5, 5.41) is 4.86. The van der Waals surface area contributed by atoms with Crippen LogP contribution >= 0.6 is 11.8 Å². The summed E-state index contributed by atoms with van der Waals surface area (Å²) in [4.78, 5) is 39.2. The van der Waals surface area contributed by atoms with Gasteiger partial charge in [0.1, 0.15) is 0 Å². The van der Waals surface area contributed by atoms with Crippen molar-refractivity contribution in [2.45, 2.75) is 17.9 Å². The highest BCUT2D eigenvalue weighted by Crippen LogP contribution is 2.24. The average Bonchev–Trinajstić information content (AvgIpc) is 2.77. The van der Waals surface area contributed by atoms with Crippen molar-refractivity contribution >= 4 is 46.0 Å². The third-order valence-corrected chi connectivity index (χ3v) is 5.69. The first-order valence-corrected chi connectivity index (χ1v) is 10.8. The van der Waals surface area contributed by atoms with Gasteiger partial charge in [-0.1, -0.05) is 42.5 Å². The maximum Gasteiger partial charge on any atom is 0.340 e. The van der Waals surface area contributed by atoms with E-state index in [0.717, 1.165) is 10.8 Å². The first kappa shape index (κ1) is 22.4. The molecule has 0 saturated carbocycles. The molecule has 6 nitrogen and oxygen atoms in total. The fourth-order valence-electron chi connectivity index (χ4n) is 2.82. The van der Waals surface area contributed by atoms with E-state index >= 15 is 0 Å². The molecule has 0 fully saturated rings. The lowest BCUT2D eigenvalue weighted by Gasteiger charge is -2.15. The fraction of sp³-hybridized carbons (Fsp3) is 0.208. The van der Waals surface area contributed by atoms with Gasteiger partial charge in [0.2, 0.25) is 5.91 Å². The minimum atomic E-state index is -0.986. The maximum absolute atomic E-state index is 12.7. The molecule has 1 atom stereocenters. The van der Waals surface area contributed by atoms with E-state index < -0.39 is 18.0 Å². The highest BCUT2D eigenvalue weighted by Gasteiger charge is 2.21. The number of thioether (sulfide) groups is 1. The zero-order valence-electron chi connectivity index (χ0n) is 17.6. The van der Waals surface area contributed by atoms with Crippen LogP contribution in [-0.4, -0.2) is 48.6 Å². The van der Waals surface area contributed by atoms with Crippen LogP contribution in [0.25, 0.3) is 10.8 Å². The molecular formula is C24H24N2O4S. The van der Waals surface area contributed by atoms with E-state index in [2.05, 4.69) is 5.32 Å². The molecule has 3 aromatic carbocycles. The van der Waals surface area contributed by atoms with Crippen molar-refractivity contribution in [3.05, 3.63) is 72.3 Å². The molecule has 160 valence electrons. The van der Waals surface area contributed by atoms with Crippen molar-refractivity contribution in [1.82, 2.24) is 4.90 Å². The first-order chi connectivity index (χ1) is 14.8. The zero-order valence-corrected chi connectivity index (χ0v) is 18.4. The number of ether oxygens (including phenoxy) is 1. The van der Waals surface area contributed by atoms with Crippen molar-refractivity contribution in [3.63, 3.8) is 0 Å². The van der Waals surface area contributed by atoms with Gasteiger partial charge in [0.25, 0.3) is 5.91 Å². The fourth-order valence-corrected chi connectivity index (χ4v) is 3.84. The Morgan fingerprint density at radius 1 is 0.968 bits per heavy atom. The number of carbonyl (C=O) groups is 3. The molecule has 31 heavy (non-hydrogen) atoms. The van der Waals surface area contributed by atoms with Crippen LogP contribution in [0.2, 0.25) is 0 Å². The SMILES string of the molecule is CC(OC(=O)c1ccccc1SCC(=O)N(C)C)C(=O)Nc1ccc2ccccc2c1. The number of nitrogens with one attached hydrogen (secondary N) is 1. The summed E-state index contributed by atoms with van der Waals surface area (Å²) in [5.74, 6) is -0.885. The van der Waals surface area contributed by atoms with Gasteiger partial charge < -0.3 is 15.0 Å². The molecule has 0 saturated heterocycles. The summed E-state index contributed by atoms with van der Waals surface area (Å²) < 4.78 is 5.39. The lowest BCUT2D eigenvalue weighted by atomic mass is 10.1. The van der Waals surface area contributed by atoms with Crippen molar-refractivity contribution in [2.75, 3.05) is 25.2 Å². The molecule has 0 aliphatic rings. The molecule has 2 amide bonds. The average molecular weight is 437 g/mol. The van der Waals surface area contributed by atoms with Gasteiger partial charge >= 0.3 is 5.97 Å². The van der Waals surface area contributed by atoms with E-state index in [1.165, 1.54) is 23.6 Å². The molecule has 1 N–H and O–H groups in total. The number of amides is 2. The third-order valence-electron chi connectivity index (χ3n) is 4.63. The number of rotatable bonds is 7. The van der Waals surface area contributed by atoms with Crippen LogP contribution in [-0.2, 0) is 14.3 Å². The molecule has 0 aromatic heterocycles. The number of carbonyl (C=O) groups excluding carboxylic acids is 3. The van der Waals surface area contributed by atoms with E-state index in [0.29, 0.717) is 16.1 Å². The maximum atomic E-state index is 12.7. The van der Waals surface area contributed by atoms with Crippen molar-refractivity contribution in [1.29, 1.82) is 0 Å². The molecular weight excluding hydrogens is 412 g/mol. The zero-order chi connectivity index (χ0) is 22.4. The summed E-state index contributed by atoms with van der Waals surface area (Å²) in [6.07, 6.45) is -0.986. The number of esters is 1. The lowest BCUT2D eigenvalue weighted by molar-refractivity contribution is -0.126. The number of fused-ring (bicyclic) bond motifs is 1. The van der Waals surface area contributed by atoms with Gasteiger partial charge in [-0.25, -0.2) is 4.79 Å². The van der Waals surface area contributed by atoms with Crippen LogP contribution in [0.4, 0.5) is 5.69 Å². The van der Waals surface area contributed by atoms with Gasteiger partial charge in [-0.05, 0) is 42.0 Å². The second-order valence-electron chi connectivity index (χ2n) is 7.17. The second-order valence-corrected chi connectivity index (χ2v) is 8.19. The van der Waals surface area contributed by atoms with Crippen molar-refractivity contribution in [2.24, 2.45) is 0 Å². The highest BCUT2D eigenvalue weighted by molar-refractivity contribution is 8.00. The summed E-state index contributed by atoms with van der Waals surface area (Å²) in [6, 6.07) is 20.3. The Labute approximate surface area is 185 Å². The normalized spacial score (nSPS) is 11.6. The van der Waals surface area contributed by atoms with Gasteiger partial charge in [0, 0.05) is 24.7 Å². The smallest absolute Gasteiger partial charge is 0.340 e. The van der Waals surface area contributed by atoms with E-state index in [1.54, 1.807) is 38.4 Å². The van der Waals surface area contributed by atoms with Gasteiger partial charge in [0.15, 0.2) is 6.10 Å². The van der Waals surface area contributed by atoms with Gasteiger partial charge in [-0.15, -0.1) is 11.8 Å². The number of hydrogen-bond acceptors (Lipinski definition) is 5. The Balaban J connectivity index is 1.64. The molecule has 0 aliphatic carbocycles. The molecule has 0 radical (unpaired) electrons. The predicted octanol–water partition coefficient (Wildman–Crippen LogP) is 4.20. The Morgan fingerprint density at radius 3 is 2.39 bits per heavy atom. The van der Waals surface area contributed by atoms with Gasteiger partial charge in [0.05, 0.1) is 11.3 Å². The molecule has 1 unspecified atom stereocenters. The number of hydrogen-bond donors (Lipinski definition) is 1. The quantitative estimate of drug-likeness (QED) is 0.444. The van der Waals surface area contributed by atoms with Crippen LogP contribution in [0.1, 0.15) is 17.3 Å². The molecule has 0 bridgehead atoms. The van der Waals surface area contributed by atoms with Gasteiger partial charge in [-0.2, -0.15) is 0 Å². The largest absolute Gasteiger partial charge is 0.449 e. The topological polar surface area (TPSA) is 75.7 Å². The van der Waals surface area contributed by atoms with Crippen LogP contribution in [0, 0.1) is 0 Å². The van der Waals surface area contributed by atoms with Gasteiger partial charge in [-0.3, -0.25) is 9.59 Å². The van der Waals surface area contributed by atoms with E-state index in [9.17, 15) is 14.4 Å². The Morgan fingerprint density at radius 2 is 1.65 bits per heavy atom. The molecule has 0 spiro atoms.